The lowest BCUT2D eigenvalue weighted by molar-refractivity contribution is -0.124. The molecule has 1 fully saturated rings. The van der Waals surface area contributed by atoms with Crippen LogP contribution in [-0.2, 0) is 4.79 Å². The highest BCUT2D eigenvalue weighted by Gasteiger charge is 2.23. The molecule has 0 amide bonds. The topological polar surface area (TPSA) is 43.1 Å². The number of hydrogen-bond acceptors (Lipinski definition) is 2. The van der Waals surface area contributed by atoms with Crippen LogP contribution in [0.25, 0.3) is 0 Å². The summed E-state index contributed by atoms with van der Waals surface area (Å²) in [5.74, 6) is 0.690. The van der Waals surface area contributed by atoms with Crippen LogP contribution < -0.4 is 5.73 Å². The van der Waals surface area contributed by atoms with E-state index in [1.165, 1.54) is 38.5 Å². The van der Waals surface area contributed by atoms with Crippen molar-refractivity contribution in [1.29, 1.82) is 0 Å². The largest absolute Gasteiger partial charge is 0.325 e. The van der Waals surface area contributed by atoms with Gasteiger partial charge in [-0.05, 0) is 26.7 Å². The fourth-order valence-electron chi connectivity index (χ4n) is 2.55. The zero-order chi connectivity index (χ0) is 12.0. The van der Waals surface area contributed by atoms with Crippen LogP contribution >= 0.6 is 0 Å². The first-order chi connectivity index (χ1) is 7.49. The quantitative estimate of drug-likeness (QED) is 0.799. The van der Waals surface area contributed by atoms with Gasteiger partial charge in [-0.15, -0.1) is 0 Å². The first kappa shape index (κ1) is 13.7. The third-order valence-electron chi connectivity index (χ3n) is 3.44. The first-order valence-electron chi connectivity index (χ1n) is 6.81. The van der Waals surface area contributed by atoms with Gasteiger partial charge in [-0.2, -0.15) is 0 Å². The fraction of sp³-hybridized carbons (Fsp3) is 0.929. The molecule has 2 heteroatoms. The molecule has 0 bridgehead atoms. The maximum absolute atomic E-state index is 12.1. The minimum absolute atomic E-state index is 0.293. The number of nitrogens with two attached hydrogens (primary N) is 1. The molecule has 2 nitrogen and oxygen atoms in total. The maximum Gasteiger partial charge on any atom is 0.137 e. The standard InChI is InChI=1S/C14H27NO/c1-14(2,15)11-13(16)12-9-7-5-3-4-6-8-10-12/h12H,3-11,15H2,1-2H3. The Hall–Kier alpha value is -0.370. The lowest BCUT2D eigenvalue weighted by Gasteiger charge is -2.21. The van der Waals surface area contributed by atoms with Gasteiger partial charge >= 0.3 is 0 Å². The summed E-state index contributed by atoms with van der Waals surface area (Å²) < 4.78 is 0. The highest BCUT2D eigenvalue weighted by molar-refractivity contribution is 5.82. The van der Waals surface area contributed by atoms with Gasteiger partial charge in [0.05, 0.1) is 0 Å². The Morgan fingerprint density at radius 3 is 1.94 bits per heavy atom. The molecular weight excluding hydrogens is 198 g/mol. The van der Waals surface area contributed by atoms with Gasteiger partial charge in [-0.3, -0.25) is 4.79 Å². The molecule has 0 radical (unpaired) electrons. The summed E-state index contributed by atoms with van der Waals surface area (Å²) in [6, 6.07) is 0. The molecule has 0 aromatic heterocycles. The Kier molecular flexibility index (Phi) is 5.47. The van der Waals surface area contributed by atoms with E-state index < -0.39 is 0 Å². The molecule has 1 aliphatic rings. The number of rotatable bonds is 3. The van der Waals surface area contributed by atoms with Crippen molar-refractivity contribution in [1.82, 2.24) is 0 Å². The van der Waals surface area contributed by atoms with Crippen LogP contribution in [0.4, 0.5) is 0 Å². The Bertz CT molecular complexity index is 207. The van der Waals surface area contributed by atoms with E-state index >= 15 is 0 Å². The molecule has 0 aromatic rings. The number of Topliss-reactive ketones (excluding diaryl/α,β-unsaturated/α-hetero) is 1. The zero-order valence-electron chi connectivity index (χ0n) is 10.9. The predicted octanol–water partition coefficient (Wildman–Crippen LogP) is 3.43. The molecule has 0 aliphatic heterocycles. The van der Waals surface area contributed by atoms with Crippen LogP contribution in [0.3, 0.4) is 0 Å². The number of ketones is 1. The van der Waals surface area contributed by atoms with Crippen molar-refractivity contribution < 1.29 is 4.79 Å². The van der Waals surface area contributed by atoms with Crippen molar-refractivity contribution in [3.8, 4) is 0 Å². The van der Waals surface area contributed by atoms with E-state index in [0.717, 1.165) is 12.8 Å². The second kappa shape index (κ2) is 6.39. The maximum atomic E-state index is 12.1. The molecule has 94 valence electrons. The van der Waals surface area contributed by atoms with Gasteiger partial charge in [0.1, 0.15) is 5.78 Å². The number of hydrogen-bond donors (Lipinski definition) is 1. The fourth-order valence-corrected chi connectivity index (χ4v) is 2.55. The number of carbonyl (C=O) groups excluding carboxylic acids is 1. The summed E-state index contributed by atoms with van der Waals surface area (Å²) >= 11 is 0. The number of carbonyl (C=O) groups is 1. The van der Waals surface area contributed by atoms with Crippen LogP contribution in [0.2, 0.25) is 0 Å². The van der Waals surface area contributed by atoms with Crippen LogP contribution in [0.15, 0.2) is 0 Å². The van der Waals surface area contributed by atoms with E-state index in [4.69, 9.17) is 5.73 Å². The van der Waals surface area contributed by atoms with Crippen molar-refractivity contribution in [2.24, 2.45) is 11.7 Å². The lowest BCUT2D eigenvalue weighted by Crippen LogP contribution is -2.36. The Morgan fingerprint density at radius 1 is 1.06 bits per heavy atom. The van der Waals surface area contributed by atoms with Crippen LogP contribution in [0, 0.1) is 5.92 Å². The summed E-state index contributed by atoms with van der Waals surface area (Å²) in [5.41, 5.74) is 5.59. The highest BCUT2D eigenvalue weighted by Crippen LogP contribution is 2.24. The van der Waals surface area contributed by atoms with Gasteiger partial charge < -0.3 is 5.73 Å². The smallest absolute Gasteiger partial charge is 0.137 e. The van der Waals surface area contributed by atoms with E-state index in [9.17, 15) is 4.79 Å². The van der Waals surface area contributed by atoms with Crippen molar-refractivity contribution in [3.05, 3.63) is 0 Å². The SMILES string of the molecule is CC(C)(N)CC(=O)C1CCCCCCCC1. The van der Waals surface area contributed by atoms with E-state index in [1.807, 2.05) is 13.8 Å². The zero-order valence-corrected chi connectivity index (χ0v) is 10.9. The molecular formula is C14H27NO. The van der Waals surface area contributed by atoms with Crippen molar-refractivity contribution in [2.75, 3.05) is 0 Å². The summed E-state index contributed by atoms with van der Waals surface area (Å²) in [4.78, 5) is 12.1. The van der Waals surface area contributed by atoms with Crippen molar-refractivity contribution in [3.63, 3.8) is 0 Å². The summed E-state index contributed by atoms with van der Waals surface area (Å²) in [6.45, 7) is 3.89. The summed E-state index contributed by atoms with van der Waals surface area (Å²) in [6.07, 6.45) is 10.5. The summed E-state index contributed by atoms with van der Waals surface area (Å²) in [5, 5.41) is 0. The third kappa shape index (κ3) is 5.64. The van der Waals surface area contributed by atoms with Crippen LogP contribution in [0.1, 0.15) is 71.6 Å². The Labute approximate surface area is 100.0 Å². The molecule has 16 heavy (non-hydrogen) atoms. The molecule has 0 saturated heterocycles. The molecule has 2 N–H and O–H groups in total. The van der Waals surface area contributed by atoms with Gasteiger partial charge in [-0.25, -0.2) is 0 Å². The minimum Gasteiger partial charge on any atom is -0.325 e. The van der Waals surface area contributed by atoms with E-state index in [1.54, 1.807) is 0 Å². The van der Waals surface area contributed by atoms with Crippen molar-refractivity contribution in [2.45, 2.75) is 77.2 Å². The van der Waals surface area contributed by atoms with Crippen LogP contribution in [-0.4, -0.2) is 11.3 Å². The van der Waals surface area contributed by atoms with Gasteiger partial charge in [0, 0.05) is 17.9 Å². The molecule has 0 atom stereocenters. The van der Waals surface area contributed by atoms with E-state index in [0.29, 0.717) is 18.1 Å². The van der Waals surface area contributed by atoms with Gasteiger partial charge in [0.25, 0.3) is 0 Å². The monoisotopic (exact) mass is 225 g/mol. The normalized spacial score (nSPS) is 20.9. The average molecular weight is 225 g/mol. The Morgan fingerprint density at radius 2 is 1.50 bits per heavy atom. The molecule has 0 spiro atoms. The second-order valence-electron chi connectivity index (χ2n) is 6.03. The summed E-state index contributed by atoms with van der Waals surface area (Å²) in [7, 11) is 0. The molecule has 1 rings (SSSR count). The molecule has 0 heterocycles. The van der Waals surface area contributed by atoms with E-state index in [2.05, 4.69) is 0 Å². The predicted molar refractivity (Wildman–Crippen MR) is 68.3 cm³/mol. The lowest BCUT2D eigenvalue weighted by atomic mass is 9.86. The van der Waals surface area contributed by atoms with Crippen LogP contribution in [0.5, 0.6) is 0 Å². The minimum atomic E-state index is -0.338. The molecule has 1 aliphatic carbocycles. The van der Waals surface area contributed by atoms with Gasteiger partial charge in [-0.1, -0.05) is 38.5 Å². The molecule has 1 saturated carbocycles. The third-order valence-corrected chi connectivity index (χ3v) is 3.44. The van der Waals surface area contributed by atoms with Gasteiger partial charge in [0.15, 0.2) is 0 Å². The highest BCUT2D eigenvalue weighted by atomic mass is 16.1. The first-order valence-corrected chi connectivity index (χ1v) is 6.81. The van der Waals surface area contributed by atoms with E-state index in [-0.39, 0.29) is 5.54 Å². The second-order valence-corrected chi connectivity index (χ2v) is 6.03. The van der Waals surface area contributed by atoms with Gasteiger partial charge in [0.2, 0.25) is 0 Å². The molecule has 0 aromatic carbocycles. The Balaban J connectivity index is 2.44. The molecule has 0 unspecified atom stereocenters. The van der Waals surface area contributed by atoms with Crippen molar-refractivity contribution >= 4 is 5.78 Å². The average Bonchev–Trinajstić information content (AvgIpc) is 2.27.